The number of pyridine rings is 1. The number of β-amino-alcohol motifs (C(OH)–C–C–N with tert-alkyl or cyclic N) is 1. The molecule has 18 nitrogen and oxygen atoms in total. The second-order valence-corrected chi connectivity index (χ2v) is 25.7. The molecular weight excluding hydrogens is 1080 g/mol. The summed E-state index contributed by atoms with van der Waals surface area (Å²) >= 11 is 1.59. The predicted octanol–water partition coefficient (Wildman–Crippen LogP) is 8.88. The molecule has 0 radical (unpaired) electrons. The molecule has 5 aliphatic rings. The van der Waals surface area contributed by atoms with Crippen LogP contribution in [0, 0.1) is 24.6 Å². The van der Waals surface area contributed by atoms with Crippen LogP contribution in [0.25, 0.3) is 43.4 Å². The third-order valence-corrected chi connectivity index (χ3v) is 19.9. The van der Waals surface area contributed by atoms with Gasteiger partial charge in [0.15, 0.2) is 17.4 Å². The highest BCUT2D eigenvalue weighted by Gasteiger charge is 2.45. The Kier molecular flexibility index (Phi) is 16.4. The molecule has 5 saturated heterocycles. The molecule has 2 amide bonds. The molecule has 7 aromatic rings. The van der Waals surface area contributed by atoms with Crippen molar-refractivity contribution in [1.82, 2.24) is 50.4 Å². The zero-order valence-electron chi connectivity index (χ0n) is 49.4. The minimum absolute atomic E-state index is 0.0435. The maximum atomic E-state index is 17.2. The van der Waals surface area contributed by atoms with Crippen molar-refractivity contribution in [2.24, 2.45) is 11.8 Å². The summed E-state index contributed by atoms with van der Waals surface area (Å²) in [6, 6.07) is 18.9. The molecule has 5 fully saturated rings. The van der Waals surface area contributed by atoms with Crippen molar-refractivity contribution in [3.05, 3.63) is 101 Å². The first-order chi connectivity index (χ1) is 40.5. The van der Waals surface area contributed by atoms with Crippen LogP contribution in [0.4, 0.5) is 16.0 Å². The number of carbonyl (C=O) groups is 2. The summed E-state index contributed by atoms with van der Waals surface area (Å²) in [6.07, 6.45) is 6.00. The summed E-state index contributed by atoms with van der Waals surface area (Å²) in [6.45, 7) is 22.3. The molecule has 6 atom stereocenters. The number of rotatable bonds is 17. The second kappa shape index (κ2) is 23.9. The molecule has 5 aliphatic heterocycles. The van der Waals surface area contributed by atoms with E-state index < -0.39 is 23.9 Å². The number of piperidine rings is 1. The molecule has 4 aromatic heterocycles. The highest BCUT2D eigenvalue weighted by molar-refractivity contribution is 7.13. The lowest BCUT2D eigenvalue weighted by Gasteiger charge is -2.50. The number of aromatic nitrogens is 5. The third kappa shape index (κ3) is 11.4. The summed E-state index contributed by atoms with van der Waals surface area (Å²) in [5.74, 6) is 0.330. The van der Waals surface area contributed by atoms with Gasteiger partial charge in [0.1, 0.15) is 41.3 Å². The predicted molar refractivity (Wildman–Crippen MR) is 325 cm³/mol. The molecule has 444 valence electrons. The van der Waals surface area contributed by atoms with Gasteiger partial charge in [0.25, 0.3) is 0 Å². The zero-order valence-corrected chi connectivity index (χ0v) is 50.2. The van der Waals surface area contributed by atoms with E-state index in [0.29, 0.717) is 59.5 Å². The number of nitrogens with one attached hydrogen (secondary N) is 2. The average Bonchev–Trinajstić information content (AvgIpc) is 1.53. The maximum absolute atomic E-state index is 17.2. The molecule has 9 heterocycles. The Morgan fingerprint density at radius 2 is 1.68 bits per heavy atom. The lowest BCUT2D eigenvalue weighted by atomic mass is 9.78. The van der Waals surface area contributed by atoms with E-state index in [9.17, 15) is 19.8 Å². The number of carbonyl (C=O) groups excluding carboxylic acids is 2. The Morgan fingerprint density at radius 3 is 2.38 bits per heavy atom. The minimum atomic E-state index is -0.824. The molecule has 84 heavy (non-hydrogen) atoms. The highest BCUT2D eigenvalue weighted by atomic mass is 32.1. The number of aryl methyl sites for hydroxylation is 2. The first-order valence-corrected chi connectivity index (χ1v) is 31.1. The van der Waals surface area contributed by atoms with Gasteiger partial charge in [-0.05, 0) is 124 Å². The summed E-state index contributed by atoms with van der Waals surface area (Å²) in [5, 5.41) is 35.2. The minimum Gasteiger partial charge on any atom is -0.508 e. The van der Waals surface area contributed by atoms with Gasteiger partial charge >= 0.3 is 6.01 Å². The number of aliphatic hydroxyl groups excluding tert-OH is 1. The number of ether oxygens (including phenoxy) is 1. The fourth-order valence-electron chi connectivity index (χ4n) is 14.0. The average molecular weight is 1160 g/mol. The highest BCUT2D eigenvalue weighted by Crippen LogP contribution is 2.41. The van der Waals surface area contributed by atoms with E-state index in [4.69, 9.17) is 24.2 Å². The fraction of sp³-hybridized carbons (Fsp3) is 0.516. The van der Waals surface area contributed by atoms with E-state index in [2.05, 4.69) is 61.1 Å². The fourth-order valence-corrected chi connectivity index (χ4v) is 14.9. The van der Waals surface area contributed by atoms with E-state index in [1.165, 1.54) is 4.90 Å². The molecule has 2 unspecified atom stereocenters. The Balaban J connectivity index is 0.652. The number of likely N-dealkylation sites (tertiary alicyclic amines) is 2. The number of thiazole rings is 1. The van der Waals surface area contributed by atoms with Crippen molar-refractivity contribution in [1.29, 1.82) is 0 Å². The second-order valence-electron chi connectivity index (χ2n) is 24.8. The zero-order chi connectivity index (χ0) is 58.6. The van der Waals surface area contributed by atoms with Crippen LogP contribution in [0.15, 0.2) is 76.9 Å². The first kappa shape index (κ1) is 57.6. The van der Waals surface area contributed by atoms with Crippen molar-refractivity contribution >= 4 is 56.5 Å². The molecule has 0 aliphatic carbocycles. The van der Waals surface area contributed by atoms with Crippen LogP contribution in [0.3, 0.4) is 0 Å². The molecule has 2 bridgehead atoms. The number of fused-ring (bicyclic) bond motifs is 4. The van der Waals surface area contributed by atoms with E-state index in [-0.39, 0.29) is 65.2 Å². The van der Waals surface area contributed by atoms with Crippen LogP contribution in [0.5, 0.6) is 11.8 Å². The van der Waals surface area contributed by atoms with Crippen LogP contribution in [0.2, 0.25) is 0 Å². The van der Waals surface area contributed by atoms with Crippen LogP contribution in [-0.4, -0.2) is 164 Å². The van der Waals surface area contributed by atoms with Crippen molar-refractivity contribution in [3.8, 4) is 33.5 Å². The van der Waals surface area contributed by atoms with E-state index in [1.54, 1.807) is 29.7 Å². The lowest BCUT2D eigenvalue weighted by Crippen LogP contribution is -2.59. The number of hydrogen-bond acceptors (Lipinski definition) is 17. The molecule has 20 heteroatoms. The Bertz CT molecular complexity index is 3510. The molecule has 0 spiro atoms. The number of piperazine rings is 2. The normalized spacial score (nSPS) is 21.7. The van der Waals surface area contributed by atoms with Gasteiger partial charge in [-0.1, -0.05) is 68.4 Å². The summed E-state index contributed by atoms with van der Waals surface area (Å²) in [5.41, 5.74) is 6.63. The van der Waals surface area contributed by atoms with Gasteiger partial charge in [-0.2, -0.15) is 9.97 Å². The monoisotopic (exact) mass is 1160 g/mol. The van der Waals surface area contributed by atoms with Gasteiger partial charge in [-0.3, -0.25) is 24.4 Å². The largest absolute Gasteiger partial charge is 0.508 e. The number of benzene rings is 3. The number of nitrogens with zero attached hydrogens (tertiary/aromatic N) is 10. The van der Waals surface area contributed by atoms with Crippen LogP contribution in [-0.2, 0) is 16.0 Å². The quantitative estimate of drug-likeness (QED) is 0.0673. The number of anilines is 2. The smallest absolute Gasteiger partial charge is 0.319 e. The van der Waals surface area contributed by atoms with Gasteiger partial charge in [-0.15, -0.1) is 11.3 Å². The van der Waals surface area contributed by atoms with Crippen LogP contribution >= 0.6 is 11.3 Å². The van der Waals surface area contributed by atoms with Crippen LogP contribution < -0.4 is 25.2 Å². The summed E-state index contributed by atoms with van der Waals surface area (Å²) in [7, 11) is 0. The Labute approximate surface area is 494 Å². The van der Waals surface area contributed by atoms with E-state index in [1.807, 2.05) is 81.7 Å². The lowest BCUT2D eigenvalue weighted by molar-refractivity contribution is -0.141. The molecule has 12 rings (SSSR count). The molecule has 4 N–H and O–H groups in total. The number of phenolic OH excluding ortho intramolecular Hbond substituents is 1. The molecule has 0 saturated carbocycles. The number of halogens is 1. The Morgan fingerprint density at radius 1 is 0.929 bits per heavy atom. The van der Waals surface area contributed by atoms with Gasteiger partial charge in [0, 0.05) is 94.2 Å². The summed E-state index contributed by atoms with van der Waals surface area (Å²) in [4.78, 5) is 59.4. The summed E-state index contributed by atoms with van der Waals surface area (Å²) < 4.78 is 29.6. The van der Waals surface area contributed by atoms with Crippen molar-refractivity contribution in [2.75, 3.05) is 81.9 Å². The number of hydrogen-bond donors (Lipinski definition) is 4. The van der Waals surface area contributed by atoms with Crippen molar-refractivity contribution in [3.63, 3.8) is 0 Å². The number of amides is 2. The molecule has 3 aromatic carbocycles. The van der Waals surface area contributed by atoms with Crippen molar-refractivity contribution in [2.45, 2.75) is 129 Å². The number of aliphatic hydroxyl groups is 1. The topological polar surface area (TPSA) is 202 Å². The Hall–Kier alpha value is -6.84. The van der Waals surface area contributed by atoms with E-state index >= 15 is 4.39 Å². The SMILES string of the molecule is CCc1cccc2cc(O)cc(-c3ncc4c(N5CC6CCC(C5)N6)nc(OCCN5CCC(C(C)(C)N6CCN(c7cc([C@H](C(=O)N8C[C@H](O)C[C@H]8C(=O)N[C@@H](C)c8ccc(-c9scnc9C)cc8)C(C)C)on7)CC6)CC5)nc4c3F)c12. The third-order valence-electron chi connectivity index (χ3n) is 18.9. The van der Waals surface area contributed by atoms with Gasteiger partial charge < -0.3 is 44.8 Å². The number of aromatic hydroxyl groups is 1. The number of phenols is 1. The van der Waals surface area contributed by atoms with Crippen molar-refractivity contribution < 1.29 is 33.5 Å². The van der Waals surface area contributed by atoms with Gasteiger partial charge in [0.2, 0.25) is 11.8 Å². The van der Waals surface area contributed by atoms with Gasteiger partial charge in [0.05, 0.1) is 33.6 Å². The first-order valence-electron chi connectivity index (χ1n) is 30.2. The molecular formula is C64H79FN12O6S. The standard InChI is InChI=1S/C64H79FN12O6S/c1-8-40-10-9-11-43-28-47(78)29-49(55(40)43)57-56(65)58-50(32-66-57)60(75-33-45-16-17-46(34-75)69-45)71-63(70-58)82-27-26-73-20-18-44(19-21-73)64(6,7)76-24-22-74(23-25-76)53-31-52(83-72-53)54(37(2)3)62(81)77-35-48(79)30-51(77)61(80)68-38(4)41-12-14-42(15-13-41)59-39(5)67-36-84-59/h9-15,28-29,31-32,36-38,44-46,48,51,54,69,78-79H,8,16-27,30,33-35H2,1-7H3,(H,68,80)/t38-,45?,46?,48+,51-,54+/m0/s1. The van der Waals surface area contributed by atoms with Crippen LogP contribution in [0.1, 0.15) is 108 Å². The maximum Gasteiger partial charge on any atom is 0.319 e. The van der Waals surface area contributed by atoms with Gasteiger partial charge in [-0.25, -0.2) is 9.37 Å². The van der Waals surface area contributed by atoms with E-state index in [0.717, 1.165) is 122 Å².